The lowest BCUT2D eigenvalue weighted by Gasteiger charge is -2.09. The normalized spacial score (nSPS) is 11.6. The average molecular weight is 415 g/mol. The van der Waals surface area contributed by atoms with Gasteiger partial charge in [-0.25, -0.2) is 18.1 Å². The molecule has 0 aliphatic carbocycles. The summed E-state index contributed by atoms with van der Waals surface area (Å²) in [6, 6.07) is 14.1. The maximum Gasteiger partial charge on any atom is 0.264 e. The predicted molar refractivity (Wildman–Crippen MR) is 112 cm³/mol. The predicted octanol–water partition coefficient (Wildman–Crippen LogP) is 4.29. The Morgan fingerprint density at radius 2 is 1.86 bits per heavy atom. The molecule has 146 valence electrons. The maximum atomic E-state index is 12.6. The van der Waals surface area contributed by atoms with Crippen LogP contribution in [0.15, 0.2) is 58.8 Å². The van der Waals surface area contributed by atoms with Gasteiger partial charge in [-0.15, -0.1) is 11.3 Å². The smallest absolute Gasteiger partial charge is 0.264 e. The van der Waals surface area contributed by atoms with Crippen molar-refractivity contribution in [2.75, 3.05) is 0 Å². The second-order valence-corrected chi connectivity index (χ2v) is 9.46. The van der Waals surface area contributed by atoms with E-state index in [0.717, 1.165) is 16.3 Å². The zero-order valence-electron chi connectivity index (χ0n) is 16.0. The fourth-order valence-corrected chi connectivity index (χ4v) is 4.56. The van der Waals surface area contributed by atoms with Crippen LogP contribution in [0, 0.1) is 6.92 Å². The van der Waals surface area contributed by atoms with Crippen molar-refractivity contribution in [3.05, 3.63) is 70.7 Å². The van der Waals surface area contributed by atoms with Crippen LogP contribution in [-0.2, 0) is 21.2 Å². The highest BCUT2D eigenvalue weighted by molar-refractivity contribution is 7.90. The summed E-state index contributed by atoms with van der Waals surface area (Å²) >= 11 is 1.45. The van der Waals surface area contributed by atoms with Crippen LogP contribution in [0.1, 0.15) is 36.6 Å². The summed E-state index contributed by atoms with van der Waals surface area (Å²) in [5.41, 5.74) is 3.53. The number of hydrogen-bond donors (Lipinski definition) is 1. The molecule has 1 aromatic heterocycles. The highest BCUT2D eigenvalue weighted by Gasteiger charge is 2.19. The summed E-state index contributed by atoms with van der Waals surface area (Å²) in [6.07, 6.45) is 0.00295. The van der Waals surface area contributed by atoms with E-state index >= 15 is 0 Å². The van der Waals surface area contributed by atoms with Crippen molar-refractivity contribution in [1.29, 1.82) is 0 Å². The molecule has 0 radical (unpaired) electrons. The van der Waals surface area contributed by atoms with E-state index in [1.165, 1.54) is 29.0 Å². The molecule has 5 nitrogen and oxygen atoms in total. The summed E-state index contributed by atoms with van der Waals surface area (Å²) in [4.78, 5) is 16.7. The molecule has 0 atom stereocenters. The minimum Gasteiger partial charge on any atom is -0.274 e. The number of sulfonamides is 1. The quantitative estimate of drug-likeness (QED) is 0.653. The number of nitrogens with zero attached hydrogens (tertiary/aromatic N) is 1. The van der Waals surface area contributed by atoms with Gasteiger partial charge < -0.3 is 0 Å². The monoisotopic (exact) mass is 414 g/mol. The van der Waals surface area contributed by atoms with Crippen LogP contribution in [-0.4, -0.2) is 19.3 Å². The van der Waals surface area contributed by atoms with E-state index in [-0.39, 0.29) is 11.3 Å². The summed E-state index contributed by atoms with van der Waals surface area (Å²) in [7, 11) is -3.95. The van der Waals surface area contributed by atoms with Gasteiger partial charge >= 0.3 is 0 Å². The summed E-state index contributed by atoms with van der Waals surface area (Å²) < 4.78 is 27.4. The van der Waals surface area contributed by atoms with Gasteiger partial charge in [0.2, 0.25) is 5.91 Å². The van der Waals surface area contributed by atoms with Gasteiger partial charge in [0.05, 0.1) is 11.3 Å². The van der Waals surface area contributed by atoms with Crippen LogP contribution in [0.25, 0.3) is 10.6 Å². The molecule has 3 aromatic rings. The van der Waals surface area contributed by atoms with Crippen molar-refractivity contribution in [2.45, 2.75) is 38.0 Å². The minimum atomic E-state index is -3.95. The standard InChI is InChI=1S/C21H22N2O3S2/c1-14(2)17-9-7-16(8-10-17)11-20(24)23-28(25,26)19-6-4-5-18(12-19)21-22-15(3)13-27-21/h4-10,12-14H,11H2,1-3H3,(H,23,24). The molecule has 1 heterocycles. The number of carbonyl (C=O) groups excluding carboxylic acids is 1. The van der Waals surface area contributed by atoms with Gasteiger partial charge in [-0.2, -0.15) is 0 Å². The van der Waals surface area contributed by atoms with Gasteiger partial charge in [0.1, 0.15) is 5.01 Å². The van der Waals surface area contributed by atoms with Gasteiger partial charge in [0.25, 0.3) is 10.0 Å². The first-order valence-electron chi connectivity index (χ1n) is 8.91. The molecule has 2 aromatic carbocycles. The van der Waals surface area contributed by atoms with Gasteiger partial charge in [-0.1, -0.05) is 50.2 Å². The Morgan fingerprint density at radius 3 is 2.46 bits per heavy atom. The molecule has 0 bridgehead atoms. The van der Waals surface area contributed by atoms with Crippen molar-refractivity contribution in [1.82, 2.24) is 9.71 Å². The molecule has 0 saturated heterocycles. The second kappa shape index (κ2) is 8.24. The van der Waals surface area contributed by atoms with Crippen LogP contribution in [0.4, 0.5) is 0 Å². The lowest BCUT2D eigenvalue weighted by Crippen LogP contribution is -2.31. The Bertz CT molecular complexity index is 1080. The van der Waals surface area contributed by atoms with Crippen molar-refractivity contribution in [2.24, 2.45) is 0 Å². The third-order valence-corrected chi connectivity index (χ3v) is 6.65. The molecule has 0 aliphatic rings. The number of rotatable bonds is 6. The van der Waals surface area contributed by atoms with Crippen LogP contribution in [0.2, 0.25) is 0 Å². The first-order chi connectivity index (χ1) is 13.2. The highest BCUT2D eigenvalue weighted by atomic mass is 32.2. The molecule has 3 rings (SSSR count). The number of aromatic nitrogens is 1. The zero-order valence-corrected chi connectivity index (χ0v) is 17.6. The molecule has 0 spiro atoms. The average Bonchev–Trinajstić information content (AvgIpc) is 3.08. The molecular formula is C21H22N2O3S2. The number of nitrogens with one attached hydrogen (secondary N) is 1. The fourth-order valence-electron chi connectivity index (χ4n) is 2.73. The number of hydrogen-bond acceptors (Lipinski definition) is 5. The van der Waals surface area contributed by atoms with Crippen molar-refractivity contribution < 1.29 is 13.2 Å². The molecule has 1 N–H and O–H groups in total. The van der Waals surface area contributed by atoms with E-state index < -0.39 is 15.9 Å². The molecule has 0 saturated carbocycles. The van der Waals surface area contributed by atoms with E-state index in [0.29, 0.717) is 11.5 Å². The number of benzene rings is 2. The number of thiazole rings is 1. The molecule has 1 amide bonds. The molecule has 0 unspecified atom stereocenters. The third kappa shape index (κ3) is 4.85. The van der Waals surface area contributed by atoms with E-state index in [9.17, 15) is 13.2 Å². The fraction of sp³-hybridized carbons (Fsp3) is 0.238. The molecule has 28 heavy (non-hydrogen) atoms. The maximum absolute atomic E-state index is 12.6. The second-order valence-electron chi connectivity index (χ2n) is 6.92. The number of aryl methyl sites for hydroxylation is 1. The van der Waals surface area contributed by atoms with Crippen molar-refractivity contribution in [3.8, 4) is 10.6 Å². The topological polar surface area (TPSA) is 76.1 Å². The first kappa shape index (κ1) is 20.2. The SMILES string of the molecule is Cc1csc(-c2cccc(S(=O)(=O)NC(=O)Cc3ccc(C(C)C)cc3)c2)n1. The van der Waals surface area contributed by atoms with Crippen LogP contribution < -0.4 is 4.72 Å². The Labute approximate surface area is 169 Å². The summed E-state index contributed by atoms with van der Waals surface area (Å²) in [5.74, 6) is -0.162. The van der Waals surface area contributed by atoms with E-state index in [2.05, 4.69) is 23.6 Å². The van der Waals surface area contributed by atoms with Gasteiger partial charge in [0.15, 0.2) is 0 Å². The van der Waals surface area contributed by atoms with Crippen molar-refractivity contribution in [3.63, 3.8) is 0 Å². The lowest BCUT2D eigenvalue weighted by atomic mass is 10.0. The number of amides is 1. The molecule has 7 heteroatoms. The molecule has 0 aliphatic heterocycles. The third-order valence-electron chi connectivity index (χ3n) is 4.27. The van der Waals surface area contributed by atoms with Crippen LogP contribution in [0.5, 0.6) is 0 Å². The van der Waals surface area contributed by atoms with Crippen LogP contribution in [0.3, 0.4) is 0 Å². The minimum absolute atomic E-state index is 0.00295. The first-order valence-corrected chi connectivity index (χ1v) is 11.3. The Morgan fingerprint density at radius 1 is 1.14 bits per heavy atom. The van der Waals surface area contributed by atoms with E-state index in [1.54, 1.807) is 12.1 Å². The summed E-state index contributed by atoms with van der Waals surface area (Å²) in [5, 5.41) is 2.65. The van der Waals surface area contributed by atoms with Gasteiger partial charge in [-0.3, -0.25) is 4.79 Å². The number of carbonyl (C=O) groups is 1. The molecular weight excluding hydrogens is 392 g/mol. The zero-order chi connectivity index (χ0) is 20.3. The Kier molecular flexibility index (Phi) is 5.96. The van der Waals surface area contributed by atoms with Crippen LogP contribution >= 0.6 is 11.3 Å². The largest absolute Gasteiger partial charge is 0.274 e. The van der Waals surface area contributed by atoms with E-state index in [4.69, 9.17) is 0 Å². The highest BCUT2D eigenvalue weighted by Crippen LogP contribution is 2.25. The Balaban J connectivity index is 1.73. The van der Waals surface area contributed by atoms with Gasteiger partial charge in [0, 0.05) is 16.6 Å². The lowest BCUT2D eigenvalue weighted by molar-refractivity contribution is -0.118. The summed E-state index contributed by atoms with van der Waals surface area (Å²) in [6.45, 7) is 6.07. The van der Waals surface area contributed by atoms with Gasteiger partial charge in [-0.05, 0) is 36.1 Å². The Hall–Kier alpha value is -2.51. The van der Waals surface area contributed by atoms with Crippen molar-refractivity contribution >= 4 is 27.3 Å². The molecule has 0 fully saturated rings. The van der Waals surface area contributed by atoms with E-state index in [1.807, 2.05) is 36.6 Å².